The number of piperidine rings is 1. The third-order valence-corrected chi connectivity index (χ3v) is 9.29. The van der Waals surface area contributed by atoms with Crippen molar-refractivity contribution in [2.45, 2.75) is 52.0 Å². The highest BCUT2D eigenvalue weighted by molar-refractivity contribution is 6.31. The zero-order valence-electron chi connectivity index (χ0n) is 23.9. The molecule has 4 aliphatic rings. The average molecular weight is 544 g/mol. The van der Waals surface area contributed by atoms with E-state index in [9.17, 15) is 4.79 Å². The van der Waals surface area contributed by atoms with Crippen LogP contribution in [0.3, 0.4) is 0 Å². The minimum absolute atomic E-state index is 0. The van der Waals surface area contributed by atoms with Gasteiger partial charge in [-0.05, 0) is 101 Å². The van der Waals surface area contributed by atoms with E-state index in [0.29, 0.717) is 29.6 Å². The Morgan fingerprint density at radius 2 is 1.82 bits per heavy atom. The number of amides is 1. The Hall–Kier alpha value is -1.66. The maximum absolute atomic E-state index is 13.5. The Balaban J connectivity index is 0.00000400. The molecule has 1 fully saturated rings. The molecule has 5 nitrogen and oxygen atoms in total. The van der Waals surface area contributed by atoms with Crippen LogP contribution in [0.5, 0.6) is 0 Å². The van der Waals surface area contributed by atoms with E-state index in [2.05, 4.69) is 97.7 Å². The number of allylic oxidation sites excluding steroid dienone is 9. The molecule has 3 N–H and O–H groups in total. The summed E-state index contributed by atoms with van der Waals surface area (Å²) in [6.45, 7) is 8.73. The molecule has 1 saturated heterocycles. The lowest BCUT2D eigenvalue weighted by atomic mass is 9.72. The van der Waals surface area contributed by atoms with Crippen molar-refractivity contribution in [2.75, 3.05) is 40.3 Å². The maximum atomic E-state index is 13.5. The van der Waals surface area contributed by atoms with E-state index in [1.54, 1.807) is 0 Å². The SMILES string of the molecule is CC(C)[C@H](CN1CCC(C2C=CC(Cl)=CC2)CC1)NC(=O)C1CC=CC(C2C=CC=CC2CN(C)C)C1.O. The molecule has 0 spiro atoms. The van der Waals surface area contributed by atoms with Gasteiger partial charge in [0.05, 0.1) is 0 Å². The summed E-state index contributed by atoms with van der Waals surface area (Å²) in [6.07, 6.45) is 25.6. The molecule has 212 valence electrons. The first kappa shape index (κ1) is 30.9. The topological polar surface area (TPSA) is 67.1 Å². The number of carbonyl (C=O) groups is 1. The second kappa shape index (κ2) is 14.6. The van der Waals surface area contributed by atoms with Gasteiger partial charge in [-0.1, -0.05) is 74.1 Å². The van der Waals surface area contributed by atoms with E-state index >= 15 is 0 Å². The van der Waals surface area contributed by atoms with Crippen LogP contribution in [0, 0.1) is 41.4 Å². The second-order valence-electron chi connectivity index (χ2n) is 12.4. The van der Waals surface area contributed by atoms with Crippen LogP contribution in [0.4, 0.5) is 0 Å². The zero-order valence-corrected chi connectivity index (χ0v) is 24.6. The number of hydrogen-bond acceptors (Lipinski definition) is 3. The van der Waals surface area contributed by atoms with Gasteiger partial charge in [0, 0.05) is 30.1 Å². The van der Waals surface area contributed by atoms with Crippen molar-refractivity contribution >= 4 is 17.5 Å². The van der Waals surface area contributed by atoms with Crippen LogP contribution in [0.2, 0.25) is 0 Å². The third-order valence-electron chi connectivity index (χ3n) is 9.01. The van der Waals surface area contributed by atoms with Crippen LogP contribution >= 0.6 is 11.6 Å². The molecule has 1 heterocycles. The molecule has 0 aromatic carbocycles. The number of carbonyl (C=O) groups excluding carboxylic acids is 1. The van der Waals surface area contributed by atoms with Crippen molar-refractivity contribution in [1.82, 2.24) is 15.1 Å². The molecule has 1 amide bonds. The predicted octanol–water partition coefficient (Wildman–Crippen LogP) is 5.22. The summed E-state index contributed by atoms with van der Waals surface area (Å²) in [5.74, 6) is 3.49. The van der Waals surface area contributed by atoms with Crippen molar-refractivity contribution in [3.05, 3.63) is 59.7 Å². The molecule has 0 bridgehead atoms. The summed E-state index contributed by atoms with van der Waals surface area (Å²) < 4.78 is 0. The molecule has 3 aliphatic carbocycles. The molecule has 4 rings (SSSR count). The third kappa shape index (κ3) is 8.42. The highest BCUT2D eigenvalue weighted by atomic mass is 35.5. The van der Waals surface area contributed by atoms with Gasteiger partial charge in [-0.3, -0.25) is 4.79 Å². The van der Waals surface area contributed by atoms with Gasteiger partial charge in [-0.25, -0.2) is 0 Å². The largest absolute Gasteiger partial charge is 0.412 e. The lowest BCUT2D eigenvalue weighted by molar-refractivity contribution is -0.126. The van der Waals surface area contributed by atoms with E-state index in [1.807, 2.05) is 0 Å². The Bertz CT molecular complexity index is 914. The summed E-state index contributed by atoms with van der Waals surface area (Å²) >= 11 is 6.12. The van der Waals surface area contributed by atoms with Gasteiger partial charge in [-0.15, -0.1) is 0 Å². The fraction of sp³-hybridized carbons (Fsp3) is 0.656. The van der Waals surface area contributed by atoms with E-state index in [0.717, 1.165) is 56.4 Å². The van der Waals surface area contributed by atoms with Crippen molar-refractivity contribution in [2.24, 2.45) is 41.4 Å². The number of likely N-dealkylation sites (tertiary alicyclic amines) is 1. The van der Waals surface area contributed by atoms with E-state index in [-0.39, 0.29) is 23.3 Å². The molecular formula is C32H50ClN3O2. The van der Waals surface area contributed by atoms with Gasteiger partial charge in [-0.2, -0.15) is 0 Å². The Morgan fingerprint density at radius 1 is 1.08 bits per heavy atom. The lowest BCUT2D eigenvalue weighted by Gasteiger charge is -2.38. The van der Waals surface area contributed by atoms with Crippen LogP contribution < -0.4 is 5.32 Å². The van der Waals surface area contributed by atoms with Crippen molar-refractivity contribution in [1.29, 1.82) is 0 Å². The minimum atomic E-state index is 0. The van der Waals surface area contributed by atoms with Gasteiger partial charge < -0.3 is 20.6 Å². The van der Waals surface area contributed by atoms with Gasteiger partial charge in [0.15, 0.2) is 0 Å². The Morgan fingerprint density at radius 3 is 2.47 bits per heavy atom. The molecule has 5 unspecified atom stereocenters. The van der Waals surface area contributed by atoms with Crippen molar-refractivity contribution in [3.8, 4) is 0 Å². The van der Waals surface area contributed by atoms with E-state index in [4.69, 9.17) is 11.6 Å². The number of hydrogen-bond donors (Lipinski definition) is 1. The number of halogens is 1. The second-order valence-corrected chi connectivity index (χ2v) is 12.8. The normalized spacial score (nSPS) is 30.8. The van der Waals surface area contributed by atoms with Crippen LogP contribution in [-0.2, 0) is 4.79 Å². The molecule has 6 atom stereocenters. The van der Waals surface area contributed by atoms with E-state index in [1.165, 1.54) is 12.8 Å². The monoisotopic (exact) mass is 543 g/mol. The number of nitrogens with one attached hydrogen (secondary N) is 1. The Kier molecular flexibility index (Phi) is 11.9. The molecule has 0 aromatic rings. The Labute approximate surface area is 236 Å². The smallest absolute Gasteiger partial charge is 0.223 e. The van der Waals surface area contributed by atoms with Crippen LogP contribution in [0.25, 0.3) is 0 Å². The summed E-state index contributed by atoms with van der Waals surface area (Å²) in [5.41, 5.74) is 0. The quantitative estimate of drug-likeness (QED) is 0.406. The first-order valence-electron chi connectivity index (χ1n) is 14.5. The van der Waals surface area contributed by atoms with Crippen LogP contribution in [-0.4, -0.2) is 67.5 Å². The highest BCUT2D eigenvalue weighted by Crippen LogP contribution is 2.37. The first-order chi connectivity index (χ1) is 17.8. The molecule has 0 saturated carbocycles. The summed E-state index contributed by atoms with van der Waals surface area (Å²) in [4.78, 5) is 18.3. The predicted molar refractivity (Wildman–Crippen MR) is 160 cm³/mol. The standard InChI is InChI=1S/C32H48ClN3O.H2O/c1-23(2)31(22-36-18-16-25(17-19-36)24-12-14-29(33)15-13-24)34-32(37)27-10-7-9-26(20-27)30-11-6-5-8-28(30)21-35(3)4;/h5-9,11-12,14-15,23-28,30-31H,10,13,16-22H2,1-4H3,(H,34,37);1H2/t24?,26?,27?,28?,30?,31-;/m0./s1. The molecular weight excluding hydrogens is 494 g/mol. The fourth-order valence-corrected chi connectivity index (χ4v) is 6.84. The van der Waals surface area contributed by atoms with Gasteiger partial charge in [0.25, 0.3) is 0 Å². The van der Waals surface area contributed by atoms with Gasteiger partial charge in [0.1, 0.15) is 0 Å². The summed E-state index contributed by atoms with van der Waals surface area (Å²) in [6, 6.07) is 0.198. The number of rotatable bonds is 9. The molecule has 0 aromatic heterocycles. The molecule has 6 heteroatoms. The lowest BCUT2D eigenvalue weighted by Crippen LogP contribution is -2.50. The maximum Gasteiger partial charge on any atom is 0.223 e. The summed E-state index contributed by atoms with van der Waals surface area (Å²) in [5, 5.41) is 4.37. The van der Waals surface area contributed by atoms with Crippen molar-refractivity contribution in [3.63, 3.8) is 0 Å². The summed E-state index contributed by atoms with van der Waals surface area (Å²) in [7, 11) is 4.29. The molecule has 1 aliphatic heterocycles. The number of nitrogens with zero attached hydrogens (tertiary/aromatic N) is 2. The van der Waals surface area contributed by atoms with E-state index < -0.39 is 0 Å². The van der Waals surface area contributed by atoms with Gasteiger partial charge >= 0.3 is 0 Å². The minimum Gasteiger partial charge on any atom is -0.412 e. The van der Waals surface area contributed by atoms with Crippen LogP contribution in [0.15, 0.2) is 59.7 Å². The zero-order chi connectivity index (χ0) is 26.4. The average Bonchev–Trinajstić information content (AvgIpc) is 2.89. The van der Waals surface area contributed by atoms with Crippen molar-refractivity contribution < 1.29 is 10.3 Å². The fourth-order valence-electron chi connectivity index (χ4n) is 6.68. The first-order valence-corrected chi connectivity index (χ1v) is 14.9. The molecule has 0 radical (unpaired) electrons. The van der Waals surface area contributed by atoms with Gasteiger partial charge in [0.2, 0.25) is 5.91 Å². The molecule has 38 heavy (non-hydrogen) atoms. The highest BCUT2D eigenvalue weighted by Gasteiger charge is 2.34. The van der Waals surface area contributed by atoms with Crippen LogP contribution in [0.1, 0.15) is 46.0 Å².